The fourth-order valence-corrected chi connectivity index (χ4v) is 5.40. The summed E-state index contributed by atoms with van der Waals surface area (Å²) in [4.78, 5) is 26.5. The summed E-state index contributed by atoms with van der Waals surface area (Å²) in [5.74, 6) is 0.778. The molecule has 186 valence electrons. The van der Waals surface area contributed by atoms with Crippen molar-refractivity contribution in [3.63, 3.8) is 0 Å². The third-order valence-corrected chi connectivity index (χ3v) is 7.40. The van der Waals surface area contributed by atoms with E-state index >= 15 is 0 Å². The van der Waals surface area contributed by atoms with Crippen LogP contribution in [-0.2, 0) is 17.9 Å². The summed E-state index contributed by atoms with van der Waals surface area (Å²) in [6, 6.07) is 21.3. The Morgan fingerprint density at radius 2 is 1.75 bits per heavy atom. The second-order valence-electron chi connectivity index (χ2n) is 9.74. The fourth-order valence-electron chi connectivity index (χ4n) is 5.28. The minimum Gasteiger partial charge on any atom is -0.348 e. The average molecular weight is 503 g/mol. The SMILES string of the molecule is C[C@H](NC(=O)Cn1nc(-c2ccc(Cl)cc2)n(CC2CCCCC2)c1=O)c1cccc2ccccc12. The van der Waals surface area contributed by atoms with E-state index in [1.165, 1.54) is 23.9 Å². The van der Waals surface area contributed by atoms with Gasteiger partial charge in [-0.2, -0.15) is 0 Å². The van der Waals surface area contributed by atoms with E-state index in [1.807, 2.05) is 43.3 Å². The normalized spacial score (nSPS) is 15.2. The van der Waals surface area contributed by atoms with E-state index in [2.05, 4.69) is 28.6 Å². The molecule has 7 heteroatoms. The topological polar surface area (TPSA) is 68.9 Å². The first kappa shape index (κ1) is 24.3. The first-order chi connectivity index (χ1) is 17.5. The van der Waals surface area contributed by atoms with E-state index < -0.39 is 0 Å². The first-order valence-electron chi connectivity index (χ1n) is 12.7. The number of hydrogen-bond donors (Lipinski definition) is 1. The molecule has 1 aromatic heterocycles. The van der Waals surface area contributed by atoms with Crippen molar-refractivity contribution in [2.45, 2.75) is 58.2 Å². The number of carbonyl (C=O) groups is 1. The molecule has 0 unspecified atom stereocenters. The monoisotopic (exact) mass is 502 g/mol. The molecule has 4 aromatic rings. The minimum atomic E-state index is -0.251. The second kappa shape index (κ2) is 10.7. The van der Waals surface area contributed by atoms with Crippen molar-refractivity contribution in [1.82, 2.24) is 19.7 Å². The van der Waals surface area contributed by atoms with Crippen LogP contribution in [-0.4, -0.2) is 20.3 Å². The lowest BCUT2D eigenvalue weighted by molar-refractivity contribution is -0.122. The van der Waals surface area contributed by atoms with Crippen LogP contribution in [0.15, 0.2) is 71.5 Å². The largest absolute Gasteiger partial charge is 0.348 e. The standard InChI is InChI=1S/C29H31ClN4O2/c1-20(25-13-7-11-22-10-5-6-12-26(22)25)31-27(35)19-34-29(36)33(18-21-8-3-2-4-9-21)28(32-34)23-14-16-24(30)17-15-23/h5-7,10-17,20-21H,2-4,8-9,18-19H2,1H3,(H,31,35)/t20-/m0/s1. The van der Waals surface area contributed by atoms with Crippen LogP contribution in [0.5, 0.6) is 0 Å². The zero-order valence-corrected chi connectivity index (χ0v) is 21.2. The van der Waals surface area contributed by atoms with Crippen molar-refractivity contribution in [3.05, 3.63) is 87.8 Å². The van der Waals surface area contributed by atoms with Crippen LogP contribution in [0.1, 0.15) is 50.6 Å². The Morgan fingerprint density at radius 3 is 2.53 bits per heavy atom. The highest BCUT2D eigenvalue weighted by Gasteiger charge is 2.22. The molecule has 1 amide bonds. The molecule has 0 bridgehead atoms. The quantitative estimate of drug-likeness (QED) is 0.338. The average Bonchev–Trinajstić information content (AvgIpc) is 3.19. The summed E-state index contributed by atoms with van der Waals surface area (Å²) in [7, 11) is 0. The van der Waals surface area contributed by atoms with Crippen molar-refractivity contribution in [2.24, 2.45) is 5.92 Å². The molecule has 1 N–H and O–H groups in total. The Bertz CT molecular complexity index is 1410. The smallest absolute Gasteiger partial charge is 0.346 e. The summed E-state index contributed by atoms with van der Waals surface area (Å²) < 4.78 is 3.03. The maximum Gasteiger partial charge on any atom is 0.346 e. The van der Waals surface area contributed by atoms with Crippen molar-refractivity contribution in [1.29, 1.82) is 0 Å². The van der Waals surface area contributed by atoms with Gasteiger partial charge in [0.1, 0.15) is 6.54 Å². The molecule has 3 aromatic carbocycles. The van der Waals surface area contributed by atoms with Crippen molar-refractivity contribution < 1.29 is 4.79 Å². The van der Waals surface area contributed by atoms with E-state index in [9.17, 15) is 9.59 Å². The van der Waals surface area contributed by atoms with Crippen LogP contribution in [0.3, 0.4) is 0 Å². The third kappa shape index (κ3) is 5.24. The van der Waals surface area contributed by atoms with E-state index in [4.69, 9.17) is 11.6 Å². The molecule has 0 aliphatic heterocycles. The second-order valence-corrected chi connectivity index (χ2v) is 10.2. The maximum atomic E-state index is 13.4. The highest BCUT2D eigenvalue weighted by atomic mass is 35.5. The van der Waals surface area contributed by atoms with Gasteiger partial charge in [-0.3, -0.25) is 9.36 Å². The number of amides is 1. The lowest BCUT2D eigenvalue weighted by Crippen LogP contribution is -2.35. The molecule has 0 radical (unpaired) electrons. The highest BCUT2D eigenvalue weighted by Crippen LogP contribution is 2.27. The van der Waals surface area contributed by atoms with E-state index in [1.54, 1.807) is 16.7 Å². The number of halogens is 1. The number of hydrogen-bond acceptors (Lipinski definition) is 3. The number of fused-ring (bicyclic) bond motifs is 1. The Labute approximate surface area is 215 Å². The maximum absolute atomic E-state index is 13.4. The number of nitrogens with zero attached hydrogens (tertiary/aromatic N) is 3. The van der Waals surface area contributed by atoms with Gasteiger partial charge in [0.15, 0.2) is 5.82 Å². The Balaban J connectivity index is 1.39. The molecule has 36 heavy (non-hydrogen) atoms. The number of nitrogens with one attached hydrogen (secondary N) is 1. The zero-order valence-electron chi connectivity index (χ0n) is 20.5. The first-order valence-corrected chi connectivity index (χ1v) is 13.1. The van der Waals surface area contributed by atoms with Crippen LogP contribution in [0.25, 0.3) is 22.2 Å². The van der Waals surface area contributed by atoms with Crippen LogP contribution in [0.2, 0.25) is 5.02 Å². The molecule has 1 atom stereocenters. The van der Waals surface area contributed by atoms with Gasteiger partial charge in [-0.05, 0) is 66.3 Å². The van der Waals surface area contributed by atoms with Gasteiger partial charge in [0, 0.05) is 17.1 Å². The van der Waals surface area contributed by atoms with Gasteiger partial charge < -0.3 is 5.32 Å². The molecule has 1 aliphatic carbocycles. The van der Waals surface area contributed by atoms with Crippen LogP contribution >= 0.6 is 11.6 Å². The van der Waals surface area contributed by atoms with Gasteiger partial charge in [-0.15, -0.1) is 5.10 Å². The lowest BCUT2D eigenvalue weighted by atomic mass is 9.89. The highest BCUT2D eigenvalue weighted by molar-refractivity contribution is 6.30. The third-order valence-electron chi connectivity index (χ3n) is 7.15. The molecule has 1 heterocycles. The number of aromatic nitrogens is 3. The lowest BCUT2D eigenvalue weighted by Gasteiger charge is -2.22. The van der Waals surface area contributed by atoms with Crippen LogP contribution in [0, 0.1) is 5.92 Å². The molecule has 1 fully saturated rings. The fraction of sp³-hybridized carbons (Fsp3) is 0.345. The summed E-state index contributed by atoms with van der Waals surface area (Å²) in [6.07, 6.45) is 5.86. The Morgan fingerprint density at radius 1 is 1.03 bits per heavy atom. The van der Waals surface area contributed by atoms with Gasteiger partial charge in [0.05, 0.1) is 6.04 Å². The van der Waals surface area contributed by atoms with Crippen LogP contribution < -0.4 is 11.0 Å². The van der Waals surface area contributed by atoms with E-state index in [0.29, 0.717) is 23.3 Å². The van der Waals surface area contributed by atoms with Crippen molar-refractivity contribution >= 4 is 28.3 Å². The number of benzene rings is 3. The summed E-state index contributed by atoms with van der Waals surface area (Å²) in [5, 5.41) is 10.5. The van der Waals surface area contributed by atoms with Gasteiger partial charge in [-0.1, -0.05) is 73.3 Å². The summed E-state index contributed by atoms with van der Waals surface area (Å²) >= 11 is 6.09. The van der Waals surface area contributed by atoms with Crippen molar-refractivity contribution in [2.75, 3.05) is 0 Å². The van der Waals surface area contributed by atoms with Crippen LogP contribution in [0.4, 0.5) is 0 Å². The number of rotatable bonds is 7. The molecular weight excluding hydrogens is 472 g/mol. The van der Waals surface area contributed by atoms with Gasteiger partial charge in [0.2, 0.25) is 5.91 Å². The predicted molar refractivity (Wildman–Crippen MR) is 144 cm³/mol. The van der Waals surface area contributed by atoms with Crippen molar-refractivity contribution in [3.8, 4) is 11.4 Å². The predicted octanol–water partition coefficient (Wildman–Crippen LogP) is 5.98. The Hall–Kier alpha value is -3.38. The minimum absolute atomic E-state index is 0.133. The molecular formula is C29H31ClN4O2. The zero-order chi connectivity index (χ0) is 25.1. The van der Waals surface area contributed by atoms with Gasteiger partial charge in [0.25, 0.3) is 0 Å². The van der Waals surface area contributed by atoms with E-state index in [-0.39, 0.29) is 24.2 Å². The molecule has 1 saturated carbocycles. The van der Waals surface area contributed by atoms with Gasteiger partial charge >= 0.3 is 5.69 Å². The summed E-state index contributed by atoms with van der Waals surface area (Å²) in [5.41, 5.74) is 1.60. The van der Waals surface area contributed by atoms with E-state index in [0.717, 1.165) is 34.7 Å². The summed E-state index contributed by atoms with van der Waals surface area (Å²) in [6.45, 7) is 2.44. The Kier molecular flexibility index (Phi) is 7.23. The van der Waals surface area contributed by atoms with Gasteiger partial charge in [-0.25, -0.2) is 9.48 Å². The molecule has 1 aliphatic rings. The molecule has 5 rings (SSSR count). The molecule has 0 saturated heterocycles. The molecule has 0 spiro atoms. The number of carbonyl (C=O) groups excluding carboxylic acids is 1. The molecule has 6 nitrogen and oxygen atoms in total.